The zero-order valence-corrected chi connectivity index (χ0v) is 15.7. The highest BCUT2D eigenvalue weighted by Crippen LogP contribution is 2.54. The van der Waals surface area contributed by atoms with Crippen LogP contribution in [0.4, 0.5) is 9.18 Å². The second kappa shape index (κ2) is 7.66. The average molecular weight is 391 g/mol. The van der Waals surface area contributed by atoms with Gasteiger partial charge in [0.2, 0.25) is 0 Å². The molecule has 3 rings (SSSR count). The van der Waals surface area contributed by atoms with Gasteiger partial charge in [0.15, 0.2) is 5.41 Å². The van der Waals surface area contributed by atoms with Crippen LogP contribution in [0, 0.1) is 51.1 Å². The summed E-state index contributed by atoms with van der Waals surface area (Å²) in [6.07, 6.45) is 1.10. The van der Waals surface area contributed by atoms with Gasteiger partial charge in [-0.3, -0.25) is 0 Å². The van der Waals surface area contributed by atoms with Crippen LogP contribution in [-0.4, -0.2) is 30.7 Å². The number of allylic oxidation sites excluding steroid dienone is 2. The molecule has 0 spiro atoms. The lowest BCUT2D eigenvalue weighted by Crippen LogP contribution is -2.49. The van der Waals surface area contributed by atoms with E-state index < -0.39 is 29.2 Å². The van der Waals surface area contributed by atoms with Crippen LogP contribution in [-0.2, 0) is 4.74 Å². The molecule has 0 fully saturated rings. The molecule has 2 N–H and O–H groups in total. The van der Waals surface area contributed by atoms with E-state index in [2.05, 4.69) is 0 Å². The maximum absolute atomic E-state index is 14.8. The molecule has 2 aliphatic rings. The molecule has 0 aromatic heterocycles. The number of halogens is 1. The zero-order valence-electron chi connectivity index (χ0n) is 15.7. The molecule has 8 heteroatoms. The van der Waals surface area contributed by atoms with Gasteiger partial charge in [-0.2, -0.15) is 15.8 Å². The first-order valence-electron chi connectivity index (χ1n) is 9.04. The smallest absolute Gasteiger partial charge is 0.410 e. The summed E-state index contributed by atoms with van der Waals surface area (Å²) in [5.74, 6) is -2.27. The van der Waals surface area contributed by atoms with Gasteiger partial charge in [-0.15, -0.1) is 0 Å². The third-order valence-electron chi connectivity index (χ3n) is 5.43. The standard InChI is InChI=1S/C21H18FN5O2/c1-2-29-20(28)27-8-7-13-15(9-23)19(26)21(11-24,12-25)18(16(13)10-27)14-5-3-4-6-17(14)22/h3-7,16,18H,2,8,10,26H2,1H3/t16-,18+/m0/s1. The van der Waals surface area contributed by atoms with E-state index >= 15 is 0 Å². The fraction of sp³-hybridized carbons (Fsp3) is 0.333. The van der Waals surface area contributed by atoms with E-state index in [0.717, 1.165) is 0 Å². The topological polar surface area (TPSA) is 127 Å². The number of carbonyl (C=O) groups is 1. The monoisotopic (exact) mass is 391 g/mol. The summed E-state index contributed by atoms with van der Waals surface area (Å²) in [5, 5.41) is 29.6. The maximum Gasteiger partial charge on any atom is 0.410 e. The summed E-state index contributed by atoms with van der Waals surface area (Å²) in [6.45, 7) is 2.11. The second-order valence-corrected chi connectivity index (χ2v) is 6.80. The number of ether oxygens (including phenoxy) is 1. The van der Waals surface area contributed by atoms with E-state index in [1.54, 1.807) is 19.1 Å². The lowest BCUT2D eigenvalue weighted by Gasteiger charge is -2.45. The van der Waals surface area contributed by atoms with Gasteiger partial charge in [0.25, 0.3) is 0 Å². The van der Waals surface area contributed by atoms with Gasteiger partial charge in [-0.1, -0.05) is 24.3 Å². The summed E-state index contributed by atoms with van der Waals surface area (Å²) in [4.78, 5) is 13.7. The summed E-state index contributed by atoms with van der Waals surface area (Å²) in [7, 11) is 0. The fourth-order valence-corrected chi connectivity index (χ4v) is 4.12. The quantitative estimate of drug-likeness (QED) is 0.826. The van der Waals surface area contributed by atoms with Crippen molar-refractivity contribution in [1.82, 2.24) is 4.90 Å². The summed E-state index contributed by atoms with van der Waals surface area (Å²) in [6, 6.07) is 11.7. The van der Waals surface area contributed by atoms with Crippen molar-refractivity contribution >= 4 is 6.09 Å². The minimum absolute atomic E-state index is 0.0363. The number of nitrogens with two attached hydrogens (primary N) is 1. The van der Waals surface area contributed by atoms with Crippen LogP contribution >= 0.6 is 0 Å². The molecule has 2 atom stereocenters. The van der Waals surface area contributed by atoms with Crippen molar-refractivity contribution in [2.75, 3.05) is 19.7 Å². The highest BCUT2D eigenvalue weighted by molar-refractivity contribution is 5.69. The third kappa shape index (κ3) is 2.98. The van der Waals surface area contributed by atoms with Gasteiger partial charge >= 0.3 is 6.09 Å². The van der Waals surface area contributed by atoms with Crippen LogP contribution in [0.2, 0.25) is 0 Å². The number of carbonyl (C=O) groups excluding carboxylic acids is 1. The normalized spacial score (nSPS) is 22.4. The molecule has 1 aliphatic carbocycles. The van der Waals surface area contributed by atoms with E-state index in [1.807, 2.05) is 18.2 Å². The number of fused-ring (bicyclic) bond motifs is 1. The molecule has 1 aliphatic heterocycles. The van der Waals surface area contributed by atoms with Gasteiger partial charge < -0.3 is 15.4 Å². The molecule has 0 bridgehead atoms. The maximum atomic E-state index is 14.8. The Balaban J connectivity index is 2.26. The van der Waals surface area contributed by atoms with Crippen molar-refractivity contribution in [2.45, 2.75) is 12.8 Å². The number of nitrogens with zero attached hydrogens (tertiary/aromatic N) is 4. The number of amides is 1. The Morgan fingerprint density at radius 2 is 2.03 bits per heavy atom. The largest absolute Gasteiger partial charge is 0.450 e. The number of benzene rings is 1. The Morgan fingerprint density at radius 1 is 1.34 bits per heavy atom. The van der Waals surface area contributed by atoms with Crippen LogP contribution in [0.15, 0.2) is 47.2 Å². The molecule has 0 saturated heterocycles. The van der Waals surface area contributed by atoms with Crippen LogP contribution < -0.4 is 5.73 Å². The van der Waals surface area contributed by atoms with Gasteiger partial charge in [-0.25, -0.2) is 9.18 Å². The second-order valence-electron chi connectivity index (χ2n) is 6.80. The van der Waals surface area contributed by atoms with Crippen molar-refractivity contribution in [1.29, 1.82) is 15.8 Å². The van der Waals surface area contributed by atoms with Crippen molar-refractivity contribution in [3.8, 4) is 18.2 Å². The molecule has 146 valence electrons. The molecule has 0 saturated carbocycles. The van der Waals surface area contributed by atoms with E-state index in [0.29, 0.717) is 5.57 Å². The number of hydrogen-bond acceptors (Lipinski definition) is 6. The summed E-state index contributed by atoms with van der Waals surface area (Å²) < 4.78 is 19.8. The van der Waals surface area contributed by atoms with E-state index in [-0.39, 0.29) is 36.5 Å². The molecule has 1 aromatic carbocycles. The Bertz CT molecular complexity index is 1030. The first kappa shape index (κ1) is 19.9. The molecular weight excluding hydrogens is 373 g/mol. The zero-order chi connectivity index (χ0) is 21.2. The Labute approximate surface area is 167 Å². The molecule has 29 heavy (non-hydrogen) atoms. The Kier molecular flexibility index (Phi) is 5.26. The molecule has 7 nitrogen and oxygen atoms in total. The molecule has 0 unspecified atom stereocenters. The van der Waals surface area contributed by atoms with Crippen LogP contribution in [0.1, 0.15) is 18.4 Å². The van der Waals surface area contributed by atoms with Gasteiger partial charge in [0, 0.05) is 24.9 Å². The van der Waals surface area contributed by atoms with Crippen LogP contribution in [0.25, 0.3) is 0 Å². The van der Waals surface area contributed by atoms with E-state index in [4.69, 9.17) is 10.5 Å². The molecule has 1 heterocycles. The SMILES string of the molecule is CCOC(=O)N1CC=C2C(C#N)=C(N)C(C#N)(C#N)[C@H](c3ccccc3F)[C@H]2C1. The van der Waals surface area contributed by atoms with Crippen molar-refractivity contribution in [2.24, 2.45) is 17.1 Å². The lowest BCUT2D eigenvalue weighted by molar-refractivity contribution is 0.0997. The van der Waals surface area contributed by atoms with Gasteiger partial charge in [-0.05, 0) is 24.1 Å². The molecule has 1 amide bonds. The number of nitriles is 3. The Morgan fingerprint density at radius 3 is 2.62 bits per heavy atom. The first-order chi connectivity index (χ1) is 13.9. The van der Waals surface area contributed by atoms with E-state index in [1.165, 1.54) is 23.1 Å². The predicted octanol–water partition coefficient (Wildman–Crippen LogP) is 2.71. The average Bonchev–Trinajstić information content (AvgIpc) is 2.73. The predicted molar refractivity (Wildman–Crippen MR) is 99.8 cm³/mol. The highest BCUT2D eigenvalue weighted by Gasteiger charge is 2.55. The first-order valence-corrected chi connectivity index (χ1v) is 9.04. The lowest BCUT2D eigenvalue weighted by atomic mass is 9.58. The van der Waals surface area contributed by atoms with Gasteiger partial charge in [0.1, 0.15) is 11.9 Å². The van der Waals surface area contributed by atoms with Crippen LogP contribution in [0.5, 0.6) is 0 Å². The molecule has 0 radical (unpaired) electrons. The van der Waals surface area contributed by atoms with Crippen molar-refractivity contribution < 1.29 is 13.9 Å². The third-order valence-corrected chi connectivity index (χ3v) is 5.43. The molecular formula is C21H18FN5O2. The number of hydrogen-bond donors (Lipinski definition) is 1. The minimum atomic E-state index is -1.95. The Hall–Kier alpha value is -3.83. The van der Waals surface area contributed by atoms with Crippen molar-refractivity contribution in [3.63, 3.8) is 0 Å². The number of rotatable bonds is 2. The minimum Gasteiger partial charge on any atom is -0.450 e. The molecule has 1 aromatic rings. The van der Waals surface area contributed by atoms with E-state index in [9.17, 15) is 25.0 Å². The van der Waals surface area contributed by atoms with Crippen molar-refractivity contribution in [3.05, 3.63) is 58.6 Å². The van der Waals surface area contributed by atoms with Crippen LogP contribution in [0.3, 0.4) is 0 Å². The van der Waals surface area contributed by atoms with Gasteiger partial charge in [0.05, 0.1) is 30.0 Å². The summed E-state index contributed by atoms with van der Waals surface area (Å²) in [5.41, 5.74) is 4.71. The summed E-state index contributed by atoms with van der Waals surface area (Å²) >= 11 is 0. The fourth-order valence-electron chi connectivity index (χ4n) is 4.12. The highest BCUT2D eigenvalue weighted by atomic mass is 19.1.